The Morgan fingerprint density at radius 3 is 2.89 bits per heavy atom. The van der Waals surface area contributed by atoms with Crippen LogP contribution < -0.4 is 0 Å². The molecule has 5 heteroatoms. The fourth-order valence-corrected chi connectivity index (χ4v) is 2.06. The molecule has 1 N–H and O–H groups in total. The van der Waals surface area contributed by atoms with E-state index in [1.54, 1.807) is 6.92 Å². The summed E-state index contributed by atoms with van der Waals surface area (Å²) in [5.74, 6) is 5.16. The maximum Gasteiger partial charge on any atom is 0.317 e. The summed E-state index contributed by atoms with van der Waals surface area (Å²) in [5, 5.41) is 12.9. The van der Waals surface area contributed by atoms with Gasteiger partial charge in [-0.15, -0.1) is 0 Å². The highest BCUT2D eigenvalue weighted by atomic mass is 16.6. The molecule has 0 spiro atoms. The van der Waals surface area contributed by atoms with Crippen LogP contribution in [0.4, 0.5) is 0 Å². The third kappa shape index (κ3) is 5.31. The Kier molecular flexibility index (Phi) is 6.37. The van der Waals surface area contributed by atoms with Crippen LogP contribution in [0, 0.1) is 17.8 Å². The van der Waals surface area contributed by atoms with Crippen LogP contribution >= 0.6 is 0 Å². The van der Waals surface area contributed by atoms with Crippen molar-refractivity contribution in [2.75, 3.05) is 19.7 Å². The number of carboxylic acid groups (broad SMARTS) is 1. The van der Waals surface area contributed by atoms with Crippen LogP contribution in [0.2, 0.25) is 0 Å². The fourth-order valence-electron chi connectivity index (χ4n) is 2.06. The van der Waals surface area contributed by atoms with Crippen LogP contribution in [-0.2, 0) is 9.63 Å². The van der Waals surface area contributed by atoms with Crippen molar-refractivity contribution in [1.29, 1.82) is 0 Å². The summed E-state index contributed by atoms with van der Waals surface area (Å²) in [6.45, 7) is 7.11. The molecule has 0 aromatic heterocycles. The van der Waals surface area contributed by atoms with Gasteiger partial charge in [0.25, 0.3) is 0 Å². The maximum atomic E-state index is 10.7. The minimum absolute atomic E-state index is 0.0730. The van der Waals surface area contributed by atoms with Crippen LogP contribution in [0.5, 0.6) is 0 Å². The van der Waals surface area contributed by atoms with Crippen LogP contribution in [0.1, 0.15) is 33.6 Å². The summed E-state index contributed by atoms with van der Waals surface area (Å²) in [7, 11) is 0. The van der Waals surface area contributed by atoms with Crippen LogP contribution in [0.3, 0.4) is 0 Å². The van der Waals surface area contributed by atoms with E-state index in [1.165, 1.54) is 0 Å². The van der Waals surface area contributed by atoms with E-state index >= 15 is 0 Å². The lowest BCUT2D eigenvalue weighted by Crippen LogP contribution is -2.36. The summed E-state index contributed by atoms with van der Waals surface area (Å²) < 4.78 is 0. The molecule has 0 aromatic rings. The zero-order valence-electron chi connectivity index (χ0n) is 11.8. The minimum atomic E-state index is -0.796. The van der Waals surface area contributed by atoms with Crippen molar-refractivity contribution in [3.63, 3.8) is 0 Å². The molecule has 1 rings (SSSR count). The van der Waals surface area contributed by atoms with Gasteiger partial charge >= 0.3 is 5.97 Å². The van der Waals surface area contributed by atoms with Crippen molar-refractivity contribution in [2.24, 2.45) is 11.1 Å². The Hall–Kier alpha value is -1.54. The molecule has 0 saturated carbocycles. The summed E-state index contributed by atoms with van der Waals surface area (Å²) in [4.78, 5) is 18.0. The molecule has 5 nitrogen and oxygen atoms in total. The third-order valence-electron chi connectivity index (χ3n) is 3.07. The zero-order valence-corrected chi connectivity index (χ0v) is 11.8. The number of aliphatic carboxylic acids is 1. The molecule has 0 aliphatic carbocycles. The van der Waals surface area contributed by atoms with Crippen molar-refractivity contribution in [2.45, 2.75) is 39.7 Å². The topological polar surface area (TPSA) is 62.1 Å². The molecular formula is C14H22N2O3. The molecule has 1 aliphatic heterocycles. The average Bonchev–Trinajstić information content (AvgIpc) is 2.74. The average molecular weight is 266 g/mol. The van der Waals surface area contributed by atoms with E-state index < -0.39 is 5.97 Å². The number of carbonyl (C=O) groups is 1. The smallest absolute Gasteiger partial charge is 0.317 e. The van der Waals surface area contributed by atoms with E-state index in [1.807, 2.05) is 18.7 Å². The molecular weight excluding hydrogens is 244 g/mol. The molecule has 1 saturated heterocycles. The Labute approximate surface area is 114 Å². The third-order valence-corrected chi connectivity index (χ3v) is 3.07. The number of nitrogens with zero attached hydrogens (tertiary/aromatic N) is 2. The van der Waals surface area contributed by atoms with Gasteiger partial charge in [0.15, 0.2) is 0 Å². The Morgan fingerprint density at radius 1 is 1.58 bits per heavy atom. The number of hydrogen-bond acceptors (Lipinski definition) is 4. The lowest BCUT2D eigenvalue weighted by atomic mass is 10.1. The van der Waals surface area contributed by atoms with Crippen LogP contribution in [-0.4, -0.2) is 47.4 Å². The predicted octanol–water partition coefficient (Wildman–Crippen LogP) is 1.59. The highest BCUT2D eigenvalue weighted by Crippen LogP contribution is 2.17. The first kappa shape index (κ1) is 15.5. The first-order valence-corrected chi connectivity index (χ1v) is 6.63. The first-order valence-electron chi connectivity index (χ1n) is 6.63. The van der Waals surface area contributed by atoms with Crippen molar-refractivity contribution >= 4 is 11.7 Å². The van der Waals surface area contributed by atoms with E-state index in [-0.39, 0.29) is 18.5 Å². The van der Waals surface area contributed by atoms with Gasteiger partial charge in [-0.25, -0.2) is 0 Å². The lowest BCUT2D eigenvalue weighted by molar-refractivity contribution is -0.138. The second kappa shape index (κ2) is 7.80. The number of likely N-dealkylation sites (tertiary alicyclic amines) is 1. The molecule has 1 fully saturated rings. The number of oxime groups is 1. The first-order chi connectivity index (χ1) is 9.04. The number of rotatable bonds is 6. The van der Waals surface area contributed by atoms with Gasteiger partial charge in [0, 0.05) is 12.0 Å². The molecule has 1 atom stereocenters. The molecule has 0 radical (unpaired) electrons. The number of carboxylic acids is 1. The zero-order chi connectivity index (χ0) is 14.3. The van der Waals surface area contributed by atoms with Crippen LogP contribution in [0.15, 0.2) is 5.16 Å². The van der Waals surface area contributed by atoms with Gasteiger partial charge in [-0.1, -0.05) is 24.9 Å². The van der Waals surface area contributed by atoms with Gasteiger partial charge in [-0.05, 0) is 32.2 Å². The van der Waals surface area contributed by atoms with Gasteiger partial charge in [0.1, 0.15) is 12.3 Å². The summed E-state index contributed by atoms with van der Waals surface area (Å²) in [6, 6.07) is 0.142. The highest BCUT2D eigenvalue weighted by Gasteiger charge is 2.26. The maximum absolute atomic E-state index is 10.7. The molecule has 1 aliphatic rings. The molecule has 1 heterocycles. The number of hydrogen-bond donors (Lipinski definition) is 1. The summed E-state index contributed by atoms with van der Waals surface area (Å²) >= 11 is 0. The van der Waals surface area contributed by atoms with E-state index in [0.717, 1.165) is 25.1 Å². The Morgan fingerprint density at radius 2 is 2.32 bits per heavy atom. The molecule has 0 bridgehead atoms. The minimum Gasteiger partial charge on any atom is -0.480 e. The Bertz CT molecular complexity index is 393. The monoisotopic (exact) mass is 266 g/mol. The van der Waals surface area contributed by atoms with Gasteiger partial charge in [0.2, 0.25) is 0 Å². The highest BCUT2D eigenvalue weighted by molar-refractivity contribution is 6.01. The normalized spacial score (nSPS) is 20.2. The second-order valence-corrected chi connectivity index (χ2v) is 4.96. The van der Waals surface area contributed by atoms with Crippen LogP contribution in [0.25, 0.3) is 0 Å². The predicted molar refractivity (Wildman–Crippen MR) is 73.9 cm³/mol. The van der Waals surface area contributed by atoms with Crippen molar-refractivity contribution in [3.8, 4) is 11.8 Å². The van der Waals surface area contributed by atoms with E-state index in [4.69, 9.17) is 9.94 Å². The summed E-state index contributed by atoms with van der Waals surface area (Å²) in [5.41, 5.74) is 0.727. The van der Waals surface area contributed by atoms with Crippen molar-refractivity contribution in [3.05, 3.63) is 0 Å². The lowest BCUT2D eigenvalue weighted by Gasteiger charge is -2.21. The molecule has 0 unspecified atom stereocenters. The van der Waals surface area contributed by atoms with Crippen molar-refractivity contribution < 1.29 is 14.7 Å². The van der Waals surface area contributed by atoms with Gasteiger partial charge in [0.05, 0.1) is 6.54 Å². The molecule has 106 valence electrons. The fraction of sp³-hybridized carbons (Fsp3) is 0.714. The van der Waals surface area contributed by atoms with E-state index in [9.17, 15) is 4.79 Å². The standard InChI is InChI=1S/C14H22N2O3/c1-4-6-13(11(2)3)15-19-10-12-7-5-8-16(12)9-14(17)18/h11-12H,5,7-10H2,1-3H3,(H,17,18)/b15-13+/t12-/m0/s1. The van der Waals surface area contributed by atoms with E-state index in [0.29, 0.717) is 6.61 Å². The van der Waals surface area contributed by atoms with Gasteiger partial charge in [-0.3, -0.25) is 9.69 Å². The Balaban J connectivity index is 2.48. The molecule has 19 heavy (non-hydrogen) atoms. The molecule has 0 amide bonds. The van der Waals surface area contributed by atoms with Gasteiger partial charge < -0.3 is 9.94 Å². The second-order valence-electron chi connectivity index (χ2n) is 4.96. The quantitative estimate of drug-likeness (QED) is 0.450. The summed E-state index contributed by atoms with van der Waals surface area (Å²) in [6.07, 6.45) is 1.97. The van der Waals surface area contributed by atoms with Gasteiger partial charge in [-0.2, -0.15) is 0 Å². The largest absolute Gasteiger partial charge is 0.480 e. The van der Waals surface area contributed by atoms with E-state index in [2.05, 4.69) is 17.0 Å². The molecule has 0 aromatic carbocycles. The van der Waals surface area contributed by atoms with Crippen molar-refractivity contribution in [1.82, 2.24) is 4.90 Å². The SMILES string of the molecule is CC#C/C(=N\OC[C@@H]1CCCN1CC(=O)O)C(C)C.